The maximum atomic E-state index is 13.5. The monoisotopic (exact) mass is 296 g/mol. The van der Waals surface area contributed by atoms with Crippen molar-refractivity contribution in [1.82, 2.24) is 10.2 Å². The second-order valence-corrected chi connectivity index (χ2v) is 5.62. The summed E-state index contributed by atoms with van der Waals surface area (Å²) in [6, 6.07) is 4.10. The molecule has 0 unspecified atom stereocenters. The fraction of sp³-hybridized carbons (Fsp3) is 0.562. The molecule has 0 bridgehead atoms. The highest BCUT2D eigenvalue weighted by Gasteiger charge is 2.23. The van der Waals surface area contributed by atoms with Crippen molar-refractivity contribution >= 4 is 5.91 Å². The van der Waals surface area contributed by atoms with E-state index in [-0.39, 0.29) is 24.3 Å². The van der Waals surface area contributed by atoms with Crippen molar-refractivity contribution in [3.05, 3.63) is 35.4 Å². The van der Waals surface area contributed by atoms with Crippen molar-refractivity contribution in [3.8, 4) is 0 Å². The molecule has 1 heterocycles. The van der Waals surface area contributed by atoms with Gasteiger partial charge in [0.05, 0.1) is 0 Å². The van der Waals surface area contributed by atoms with Gasteiger partial charge in [-0.1, -0.05) is 12.1 Å². The van der Waals surface area contributed by atoms with Crippen LogP contribution in [0.15, 0.2) is 18.2 Å². The Morgan fingerprint density at radius 3 is 3.00 bits per heavy atom. The largest absolute Gasteiger partial charge is 0.342 e. The number of aryl methyl sites for hydroxylation is 1. The number of benzene rings is 1. The second-order valence-electron chi connectivity index (χ2n) is 5.62. The van der Waals surface area contributed by atoms with Gasteiger partial charge in [-0.05, 0) is 50.4 Å². The molecule has 1 aliphatic heterocycles. The Labute approximate surface area is 124 Å². The van der Waals surface area contributed by atoms with Crippen molar-refractivity contribution in [2.45, 2.75) is 25.7 Å². The summed E-state index contributed by atoms with van der Waals surface area (Å²) >= 11 is 0. The summed E-state index contributed by atoms with van der Waals surface area (Å²) in [5.74, 6) is -1.18. The van der Waals surface area contributed by atoms with Gasteiger partial charge >= 0.3 is 0 Å². The van der Waals surface area contributed by atoms with Crippen molar-refractivity contribution in [2.24, 2.45) is 5.92 Å². The number of likely N-dealkylation sites (tertiary alicyclic amines) is 1. The zero-order valence-corrected chi connectivity index (χ0v) is 12.4. The van der Waals surface area contributed by atoms with Crippen LogP contribution in [0.1, 0.15) is 24.8 Å². The van der Waals surface area contributed by atoms with Crippen LogP contribution >= 0.6 is 0 Å². The Morgan fingerprint density at radius 1 is 1.43 bits per heavy atom. The number of amides is 1. The van der Waals surface area contributed by atoms with Crippen molar-refractivity contribution in [1.29, 1.82) is 0 Å². The first-order chi connectivity index (χ1) is 10.1. The minimum atomic E-state index is -0.855. The summed E-state index contributed by atoms with van der Waals surface area (Å²) in [7, 11) is 1.91. The van der Waals surface area contributed by atoms with Crippen molar-refractivity contribution in [2.75, 3.05) is 26.7 Å². The van der Waals surface area contributed by atoms with E-state index < -0.39 is 11.6 Å². The van der Waals surface area contributed by atoms with Crippen LogP contribution in [0, 0.1) is 17.6 Å². The van der Waals surface area contributed by atoms with Crippen molar-refractivity contribution in [3.63, 3.8) is 0 Å². The van der Waals surface area contributed by atoms with Gasteiger partial charge in [-0.25, -0.2) is 8.78 Å². The lowest BCUT2D eigenvalue weighted by atomic mass is 9.97. The Hall–Kier alpha value is -1.49. The van der Waals surface area contributed by atoms with Gasteiger partial charge in [-0.2, -0.15) is 0 Å². The Bertz CT molecular complexity index is 491. The first kappa shape index (κ1) is 15.9. The molecule has 1 amide bonds. The van der Waals surface area contributed by atoms with E-state index in [1.54, 1.807) is 0 Å². The number of nitrogens with zero attached hydrogens (tertiary/aromatic N) is 1. The number of halogens is 2. The maximum absolute atomic E-state index is 13.5. The number of hydrogen-bond acceptors (Lipinski definition) is 2. The van der Waals surface area contributed by atoms with Crippen LogP contribution in [-0.2, 0) is 11.2 Å². The molecule has 0 radical (unpaired) electrons. The van der Waals surface area contributed by atoms with Gasteiger partial charge in [-0.3, -0.25) is 4.79 Å². The molecular weight excluding hydrogens is 274 g/mol. The zero-order valence-electron chi connectivity index (χ0n) is 12.4. The molecule has 21 heavy (non-hydrogen) atoms. The first-order valence-corrected chi connectivity index (χ1v) is 7.47. The summed E-state index contributed by atoms with van der Waals surface area (Å²) in [4.78, 5) is 14.1. The van der Waals surface area contributed by atoms with Crippen LogP contribution in [0.25, 0.3) is 0 Å². The predicted octanol–water partition coefficient (Wildman–Crippen LogP) is 2.36. The lowest BCUT2D eigenvalue weighted by molar-refractivity contribution is -0.132. The SMILES string of the molecule is CNC[C@@H]1CCCN(C(=O)CCc2cccc(F)c2F)C1. The third-order valence-corrected chi connectivity index (χ3v) is 4.00. The van der Waals surface area contributed by atoms with E-state index >= 15 is 0 Å². The molecule has 116 valence electrons. The molecule has 0 spiro atoms. The normalized spacial score (nSPS) is 18.8. The second kappa shape index (κ2) is 7.50. The van der Waals surface area contributed by atoms with Crippen LogP contribution in [0.3, 0.4) is 0 Å². The molecule has 5 heteroatoms. The fourth-order valence-electron chi connectivity index (χ4n) is 2.89. The molecule has 0 aliphatic carbocycles. The molecule has 3 nitrogen and oxygen atoms in total. The molecule has 1 atom stereocenters. The molecule has 1 saturated heterocycles. The van der Waals surface area contributed by atoms with E-state index in [2.05, 4.69) is 5.32 Å². The molecular formula is C16H22F2N2O. The highest BCUT2D eigenvalue weighted by Crippen LogP contribution is 2.18. The number of hydrogen-bond donors (Lipinski definition) is 1. The van der Waals surface area contributed by atoms with E-state index in [1.165, 1.54) is 12.1 Å². The summed E-state index contributed by atoms with van der Waals surface area (Å²) in [6.07, 6.45) is 2.61. The molecule has 1 aromatic carbocycles. The number of carbonyl (C=O) groups excluding carboxylic acids is 1. The van der Waals surface area contributed by atoms with E-state index in [4.69, 9.17) is 0 Å². The number of rotatable bonds is 5. The molecule has 1 fully saturated rings. The minimum Gasteiger partial charge on any atom is -0.342 e. The third-order valence-electron chi connectivity index (χ3n) is 4.00. The van der Waals surface area contributed by atoms with E-state index in [0.29, 0.717) is 5.92 Å². The molecule has 2 rings (SSSR count). The minimum absolute atomic E-state index is 0.0273. The average molecular weight is 296 g/mol. The number of piperidine rings is 1. The van der Waals surface area contributed by atoms with Gasteiger partial charge < -0.3 is 10.2 Å². The Kier molecular flexibility index (Phi) is 5.67. The zero-order chi connectivity index (χ0) is 15.2. The third kappa shape index (κ3) is 4.24. The van der Waals surface area contributed by atoms with Gasteiger partial charge in [0.1, 0.15) is 0 Å². The Morgan fingerprint density at radius 2 is 2.24 bits per heavy atom. The number of nitrogens with one attached hydrogen (secondary N) is 1. The molecule has 1 N–H and O–H groups in total. The topological polar surface area (TPSA) is 32.3 Å². The van der Waals surface area contributed by atoms with E-state index in [9.17, 15) is 13.6 Å². The standard InChI is InChI=1S/C16H22F2N2O/c1-19-10-12-4-3-9-20(11-12)15(21)8-7-13-5-2-6-14(17)16(13)18/h2,5-6,12,19H,3-4,7-11H2,1H3/t12-/m0/s1. The smallest absolute Gasteiger partial charge is 0.222 e. The summed E-state index contributed by atoms with van der Waals surface area (Å²) in [5.41, 5.74) is 0.270. The quantitative estimate of drug-likeness (QED) is 0.904. The lowest BCUT2D eigenvalue weighted by Crippen LogP contribution is -2.42. The van der Waals surface area contributed by atoms with Crippen LogP contribution < -0.4 is 5.32 Å². The predicted molar refractivity (Wildman–Crippen MR) is 77.9 cm³/mol. The Balaban J connectivity index is 1.88. The van der Waals surface area contributed by atoms with Crippen molar-refractivity contribution < 1.29 is 13.6 Å². The first-order valence-electron chi connectivity index (χ1n) is 7.47. The average Bonchev–Trinajstić information content (AvgIpc) is 2.49. The fourth-order valence-corrected chi connectivity index (χ4v) is 2.89. The van der Waals surface area contributed by atoms with Gasteiger partial charge in [0.2, 0.25) is 5.91 Å². The molecule has 1 aliphatic rings. The highest BCUT2D eigenvalue weighted by molar-refractivity contribution is 5.76. The van der Waals surface area contributed by atoms with E-state index in [1.807, 2.05) is 11.9 Å². The van der Waals surface area contributed by atoms with Crippen LogP contribution in [0.5, 0.6) is 0 Å². The van der Waals surface area contributed by atoms with Gasteiger partial charge in [0.15, 0.2) is 11.6 Å². The van der Waals surface area contributed by atoms with Crippen LogP contribution in [0.4, 0.5) is 8.78 Å². The van der Waals surface area contributed by atoms with Gasteiger partial charge in [-0.15, -0.1) is 0 Å². The lowest BCUT2D eigenvalue weighted by Gasteiger charge is -2.32. The highest BCUT2D eigenvalue weighted by atomic mass is 19.2. The molecule has 0 saturated carbocycles. The van der Waals surface area contributed by atoms with E-state index in [0.717, 1.165) is 38.5 Å². The van der Waals surface area contributed by atoms with Gasteiger partial charge in [0, 0.05) is 19.5 Å². The van der Waals surface area contributed by atoms with Crippen LogP contribution in [-0.4, -0.2) is 37.5 Å². The molecule has 1 aromatic rings. The molecule has 0 aromatic heterocycles. The van der Waals surface area contributed by atoms with Gasteiger partial charge in [0.25, 0.3) is 0 Å². The summed E-state index contributed by atoms with van der Waals surface area (Å²) in [5, 5.41) is 3.14. The maximum Gasteiger partial charge on any atom is 0.222 e. The van der Waals surface area contributed by atoms with Crippen LogP contribution in [0.2, 0.25) is 0 Å². The number of carbonyl (C=O) groups is 1. The summed E-state index contributed by atoms with van der Waals surface area (Å²) < 4.78 is 26.7. The summed E-state index contributed by atoms with van der Waals surface area (Å²) in [6.45, 7) is 2.43.